The van der Waals surface area contributed by atoms with Crippen LogP contribution in [0.15, 0.2) is 48.5 Å². The van der Waals surface area contributed by atoms with Crippen molar-refractivity contribution in [1.29, 1.82) is 0 Å². The number of carbonyl (C=O) groups is 1. The number of benzene rings is 2. The van der Waals surface area contributed by atoms with E-state index in [9.17, 15) is 4.79 Å². The fraction of sp³-hybridized carbons (Fsp3) is 0.381. The standard InChI is InChI=1S/C21H25NO4/c1-16-5-2-3-7-20(16)26-15-21(23)22-13-17-8-10-18(11-9-17)25-14-19-6-4-12-24-19/h2-3,5,7-11,19H,4,6,12-15H2,1H3,(H,22,23). The number of ether oxygens (including phenoxy) is 3. The van der Waals surface area contributed by atoms with E-state index >= 15 is 0 Å². The minimum Gasteiger partial charge on any atom is -0.491 e. The van der Waals surface area contributed by atoms with Gasteiger partial charge >= 0.3 is 0 Å². The minimum atomic E-state index is -0.146. The summed E-state index contributed by atoms with van der Waals surface area (Å²) in [5.41, 5.74) is 2.03. The van der Waals surface area contributed by atoms with Gasteiger partial charge in [-0.2, -0.15) is 0 Å². The maximum atomic E-state index is 11.9. The minimum absolute atomic E-state index is 0.00738. The molecule has 0 aliphatic carbocycles. The van der Waals surface area contributed by atoms with Crippen LogP contribution in [-0.2, 0) is 16.1 Å². The van der Waals surface area contributed by atoms with Crippen LogP contribution in [-0.4, -0.2) is 31.8 Å². The molecule has 0 bridgehead atoms. The Morgan fingerprint density at radius 2 is 1.96 bits per heavy atom. The molecule has 0 saturated carbocycles. The second-order valence-electron chi connectivity index (χ2n) is 6.42. The van der Waals surface area contributed by atoms with Crippen molar-refractivity contribution >= 4 is 5.91 Å². The molecule has 1 unspecified atom stereocenters. The topological polar surface area (TPSA) is 56.8 Å². The van der Waals surface area contributed by atoms with Gasteiger partial charge in [0.2, 0.25) is 0 Å². The molecule has 2 aromatic carbocycles. The third kappa shape index (κ3) is 5.49. The van der Waals surface area contributed by atoms with E-state index in [1.54, 1.807) is 0 Å². The van der Waals surface area contributed by atoms with Gasteiger partial charge in [0, 0.05) is 13.2 Å². The van der Waals surface area contributed by atoms with Crippen molar-refractivity contribution in [2.24, 2.45) is 0 Å². The van der Waals surface area contributed by atoms with Crippen LogP contribution >= 0.6 is 0 Å². The molecule has 1 saturated heterocycles. The van der Waals surface area contributed by atoms with E-state index in [1.807, 2.05) is 55.5 Å². The van der Waals surface area contributed by atoms with E-state index in [2.05, 4.69) is 5.32 Å². The number of nitrogens with one attached hydrogen (secondary N) is 1. The van der Waals surface area contributed by atoms with Crippen molar-refractivity contribution in [3.63, 3.8) is 0 Å². The molecule has 2 aromatic rings. The van der Waals surface area contributed by atoms with Gasteiger partial charge < -0.3 is 19.5 Å². The summed E-state index contributed by atoms with van der Waals surface area (Å²) < 4.78 is 16.8. The Balaban J connectivity index is 1.38. The van der Waals surface area contributed by atoms with Gasteiger partial charge in [-0.1, -0.05) is 30.3 Å². The van der Waals surface area contributed by atoms with Gasteiger partial charge in [0.25, 0.3) is 5.91 Å². The van der Waals surface area contributed by atoms with Gasteiger partial charge in [-0.05, 0) is 49.1 Å². The lowest BCUT2D eigenvalue weighted by Gasteiger charge is -2.12. The molecule has 1 atom stereocenters. The molecule has 138 valence electrons. The fourth-order valence-corrected chi connectivity index (χ4v) is 2.78. The van der Waals surface area contributed by atoms with Crippen LogP contribution in [0.2, 0.25) is 0 Å². The average Bonchev–Trinajstić information content (AvgIpc) is 3.18. The molecule has 1 N–H and O–H groups in total. The molecule has 1 heterocycles. The normalized spacial score (nSPS) is 16.3. The number of para-hydroxylation sites is 1. The fourth-order valence-electron chi connectivity index (χ4n) is 2.78. The number of carbonyl (C=O) groups excluding carboxylic acids is 1. The molecule has 1 aliphatic heterocycles. The quantitative estimate of drug-likeness (QED) is 0.790. The number of rotatable bonds is 8. The summed E-state index contributed by atoms with van der Waals surface area (Å²) in [5.74, 6) is 1.40. The largest absolute Gasteiger partial charge is 0.491 e. The van der Waals surface area contributed by atoms with Crippen molar-refractivity contribution in [2.45, 2.75) is 32.4 Å². The third-order valence-corrected chi connectivity index (χ3v) is 4.33. The predicted molar refractivity (Wildman–Crippen MR) is 99.4 cm³/mol. The smallest absolute Gasteiger partial charge is 0.258 e. The highest BCUT2D eigenvalue weighted by molar-refractivity contribution is 5.77. The van der Waals surface area contributed by atoms with Gasteiger partial charge in [-0.25, -0.2) is 0 Å². The lowest BCUT2D eigenvalue weighted by Crippen LogP contribution is -2.28. The number of hydrogen-bond donors (Lipinski definition) is 1. The Kier molecular flexibility index (Phi) is 6.50. The summed E-state index contributed by atoms with van der Waals surface area (Å²) >= 11 is 0. The average molecular weight is 355 g/mol. The highest BCUT2D eigenvalue weighted by atomic mass is 16.5. The molecule has 0 radical (unpaired) electrons. The Bertz CT molecular complexity index is 708. The van der Waals surface area contributed by atoms with Crippen LogP contribution in [0, 0.1) is 6.92 Å². The Labute approximate surface area is 154 Å². The molecule has 1 fully saturated rings. The predicted octanol–water partition coefficient (Wildman–Crippen LogP) is 3.25. The molecule has 5 heteroatoms. The SMILES string of the molecule is Cc1ccccc1OCC(=O)NCc1ccc(OCC2CCCO2)cc1. The Morgan fingerprint density at radius 3 is 2.69 bits per heavy atom. The van der Waals surface area contributed by atoms with Crippen LogP contribution in [0.3, 0.4) is 0 Å². The van der Waals surface area contributed by atoms with E-state index in [-0.39, 0.29) is 18.6 Å². The monoisotopic (exact) mass is 355 g/mol. The maximum absolute atomic E-state index is 11.9. The van der Waals surface area contributed by atoms with Crippen molar-refractivity contribution in [2.75, 3.05) is 19.8 Å². The van der Waals surface area contributed by atoms with E-state index in [4.69, 9.17) is 14.2 Å². The summed E-state index contributed by atoms with van der Waals surface area (Å²) in [6.07, 6.45) is 2.39. The van der Waals surface area contributed by atoms with Gasteiger partial charge in [0.1, 0.15) is 18.1 Å². The zero-order chi connectivity index (χ0) is 18.2. The Hall–Kier alpha value is -2.53. The van der Waals surface area contributed by atoms with E-state index in [1.165, 1.54) is 0 Å². The zero-order valence-electron chi connectivity index (χ0n) is 15.1. The van der Waals surface area contributed by atoms with Crippen LogP contribution in [0.5, 0.6) is 11.5 Å². The molecular formula is C21H25NO4. The highest BCUT2D eigenvalue weighted by Gasteiger charge is 2.15. The van der Waals surface area contributed by atoms with E-state index in [0.717, 1.165) is 42.1 Å². The van der Waals surface area contributed by atoms with E-state index in [0.29, 0.717) is 13.2 Å². The first-order valence-electron chi connectivity index (χ1n) is 8.99. The van der Waals surface area contributed by atoms with Gasteiger partial charge in [0.15, 0.2) is 6.61 Å². The molecule has 5 nitrogen and oxygen atoms in total. The Morgan fingerprint density at radius 1 is 1.15 bits per heavy atom. The lowest BCUT2D eigenvalue weighted by atomic mass is 10.2. The first-order valence-corrected chi connectivity index (χ1v) is 8.99. The second kappa shape index (κ2) is 9.25. The summed E-state index contributed by atoms with van der Waals surface area (Å²) in [7, 11) is 0. The zero-order valence-corrected chi connectivity index (χ0v) is 15.1. The molecule has 0 spiro atoms. The molecule has 26 heavy (non-hydrogen) atoms. The van der Waals surface area contributed by atoms with Crippen molar-refractivity contribution in [1.82, 2.24) is 5.32 Å². The maximum Gasteiger partial charge on any atom is 0.258 e. The summed E-state index contributed by atoms with van der Waals surface area (Å²) in [6.45, 7) is 3.84. The number of amides is 1. The van der Waals surface area contributed by atoms with Crippen LogP contribution < -0.4 is 14.8 Å². The summed E-state index contributed by atoms with van der Waals surface area (Å²) in [4.78, 5) is 11.9. The molecule has 1 aliphatic rings. The van der Waals surface area contributed by atoms with Crippen LogP contribution in [0.1, 0.15) is 24.0 Å². The van der Waals surface area contributed by atoms with Crippen molar-refractivity contribution in [3.05, 3.63) is 59.7 Å². The van der Waals surface area contributed by atoms with Gasteiger partial charge in [-0.15, -0.1) is 0 Å². The molecular weight excluding hydrogens is 330 g/mol. The summed E-state index contributed by atoms with van der Waals surface area (Å²) in [5, 5.41) is 2.86. The lowest BCUT2D eigenvalue weighted by molar-refractivity contribution is -0.123. The number of hydrogen-bond acceptors (Lipinski definition) is 4. The van der Waals surface area contributed by atoms with Crippen molar-refractivity contribution < 1.29 is 19.0 Å². The molecule has 1 amide bonds. The van der Waals surface area contributed by atoms with Gasteiger partial charge in [-0.3, -0.25) is 4.79 Å². The second-order valence-corrected chi connectivity index (χ2v) is 6.42. The first kappa shape index (κ1) is 18.3. The third-order valence-electron chi connectivity index (χ3n) is 4.33. The van der Waals surface area contributed by atoms with Gasteiger partial charge in [0.05, 0.1) is 6.10 Å². The summed E-state index contributed by atoms with van der Waals surface area (Å²) in [6, 6.07) is 15.4. The first-order chi connectivity index (χ1) is 12.7. The van der Waals surface area contributed by atoms with Crippen LogP contribution in [0.4, 0.5) is 0 Å². The van der Waals surface area contributed by atoms with E-state index < -0.39 is 0 Å². The van der Waals surface area contributed by atoms with Crippen molar-refractivity contribution in [3.8, 4) is 11.5 Å². The molecule has 0 aromatic heterocycles. The highest BCUT2D eigenvalue weighted by Crippen LogP contribution is 2.17. The van der Waals surface area contributed by atoms with Crippen LogP contribution in [0.25, 0.3) is 0 Å². The number of aryl methyl sites for hydroxylation is 1. The molecule has 3 rings (SSSR count).